The molecule has 2 rings (SSSR count). The van der Waals surface area contributed by atoms with Crippen LogP contribution >= 0.6 is 15.9 Å². The number of methoxy groups -OCH3 is 1. The minimum Gasteiger partial charge on any atom is -0.467 e. The van der Waals surface area contributed by atoms with Crippen LogP contribution in [0.2, 0.25) is 0 Å². The van der Waals surface area contributed by atoms with Crippen molar-refractivity contribution in [3.05, 3.63) is 33.8 Å². The third-order valence-electron chi connectivity index (χ3n) is 3.49. The van der Waals surface area contributed by atoms with Crippen LogP contribution in [0, 0.1) is 6.92 Å². The van der Waals surface area contributed by atoms with Crippen LogP contribution in [-0.4, -0.2) is 36.5 Å². The molecule has 1 aromatic carbocycles. The molecule has 1 fully saturated rings. The number of ether oxygens (including phenoxy) is 1. The van der Waals surface area contributed by atoms with E-state index in [4.69, 9.17) is 4.74 Å². The van der Waals surface area contributed by atoms with E-state index in [2.05, 4.69) is 15.9 Å². The number of rotatable bonds is 2. The fourth-order valence-electron chi connectivity index (χ4n) is 2.38. The van der Waals surface area contributed by atoms with E-state index >= 15 is 0 Å². The van der Waals surface area contributed by atoms with E-state index in [1.54, 1.807) is 11.0 Å². The fourth-order valence-corrected chi connectivity index (χ4v) is 2.75. The number of carbonyl (C=O) groups excluding carboxylic acids is 2. The van der Waals surface area contributed by atoms with Crippen LogP contribution in [0.5, 0.6) is 0 Å². The van der Waals surface area contributed by atoms with Gasteiger partial charge in [-0.1, -0.05) is 22.0 Å². The van der Waals surface area contributed by atoms with Crippen LogP contribution < -0.4 is 0 Å². The number of esters is 1. The first-order chi connectivity index (χ1) is 9.06. The van der Waals surface area contributed by atoms with Crippen LogP contribution in [0.1, 0.15) is 28.8 Å². The van der Waals surface area contributed by atoms with Gasteiger partial charge in [-0.15, -0.1) is 0 Å². The molecular formula is C14H16BrNO3. The van der Waals surface area contributed by atoms with Crippen LogP contribution in [0.4, 0.5) is 0 Å². The summed E-state index contributed by atoms with van der Waals surface area (Å²) >= 11 is 3.42. The second-order valence-electron chi connectivity index (χ2n) is 4.59. The van der Waals surface area contributed by atoms with Gasteiger partial charge in [-0.05, 0) is 37.5 Å². The second kappa shape index (κ2) is 5.74. The molecular weight excluding hydrogens is 310 g/mol. The molecule has 0 saturated carbocycles. The van der Waals surface area contributed by atoms with E-state index < -0.39 is 6.04 Å². The summed E-state index contributed by atoms with van der Waals surface area (Å²) in [7, 11) is 1.35. The lowest BCUT2D eigenvalue weighted by molar-refractivity contribution is -0.145. The smallest absolute Gasteiger partial charge is 0.328 e. The maximum Gasteiger partial charge on any atom is 0.328 e. The van der Waals surface area contributed by atoms with E-state index in [-0.39, 0.29) is 11.9 Å². The molecule has 1 aliphatic rings. The Morgan fingerprint density at radius 2 is 2.16 bits per heavy atom. The Morgan fingerprint density at radius 3 is 2.84 bits per heavy atom. The first-order valence-corrected chi connectivity index (χ1v) is 6.99. The molecule has 0 aromatic heterocycles. The molecule has 1 aromatic rings. The van der Waals surface area contributed by atoms with E-state index in [0.29, 0.717) is 18.5 Å². The lowest BCUT2D eigenvalue weighted by Gasteiger charge is -2.23. The molecule has 0 N–H and O–H groups in total. The summed E-state index contributed by atoms with van der Waals surface area (Å²) in [6.07, 6.45) is 1.50. The molecule has 19 heavy (non-hydrogen) atoms. The lowest BCUT2D eigenvalue weighted by atomic mass is 10.1. The van der Waals surface area contributed by atoms with Gasteiger partial charge in [0.25, 0.3) is 5.91 Å². The number of hydrogen-bond donors (Lipinski definition) is 0. The normalized spacial score (nSPS) is 18.5. The highest BCUT2D eigenvalue weighted by Gasteiger charge is 2.35. The number of nitrogens with zero attached hydrogens (tertiary/aromatic N) is 1. The Kier molecular flexibility index (Phi) is 4.24. The van der Waals surface area contributed by atoms with Crippen molar-refractivity contribution < 1.29 is 14.3 Å². The van der Waals surface area contributed by atoms with Gasteiger partial charge in [-0.2, -0.15) is 0 Å². The van der Waals surface area contributed by atoms with Crippen LogP contribution in [-0.2, 0) is 9.53 Å². The molecule has 1 heterocycles. The summed E-state index contributed by atoms with van der Waals surface area (Å²) in [5.74, 6) is -0.440. The predicted octanol–water partition coefficient (Wildman–Crippen LogP) is 2.54. The van der Waals surface area contributed by atoms with Crippen molar-refractivity contribution in [3.63, 3.8) is 0 Å². The van der Waals surface area contributed by atoms with Gasteiger partial charge < -0.3 is 9.64 Å². The van der Waals surface area contributed by atoms with Gasteiger partial charge in [0.2, 0.25) is 0 Å². The summed E-state index contributed by atoms with van der Waals surface area (Å²) in [4.78, 5) is 25.8. The van der Waals surface area contributed by atoms with Gasteiger partial charge in [-0.25, -0.2) is 4.79 Å². The predicted molar refractivity (Wildman–Crippen MR) is 75.0 cm³/mol. The third-order valence-corrected chi connectivity index (χ3v) is 4.34. The van der Waals surface area contributed by atoms with E-state index in [9.17, 15) is 9.59 Å². The van der Waals surface area contributed by atoms with E-state index in [0.717, 1.165) is 16.5 Å². The summed E-state index contributed by atoms with van der Waals surface area (Å²) in [6.45, 7) is 2.49. The molecule has 1 unspecified atom stereocenters. The average Bonchev–Trinajstić information content (AvgIpc) is 2.89. The quantitative estimate of drug-likeness (QED) is 0.785. The zero-order valence-electron chi connectivity index (χ0n) is 11.0. The Labute approximate surface area is 120 Å². The van der Waals surface area contributed by atoms with Crippen molar-refractivity contribution in [1.82, 2.24) is 4.90 Å². The molecule has 5 heteroatoms. The van der Waals surface area contributed by atoms with E-state index in [1.165, 1.54) is 7.11 Å². The van der Waals surface area contributed by atoms with Crippen molar-refractivity contribution in [3.8, 4) is 0 Å². The third kappa shape index (κ3) is 2.66. The molecule has 1 saturated heterocycles. The van der Waals surface area contributed by atoms with Crippen molar-refractivity contribution in [2.45, 2.75) is 25.8 Å². The molecule has 1 amide bonds. The molecule has 102 valence electrons. The summed E-state index contributed by atoms with van der Waals surface area (Å²) < 4.78 is 5.66. The Morgan fingerprint density at radius 1 is 1.42 bits per heavy atom. The standard InChI is InChI=1S/C14H16BrNO3/c1-9-10(5-3-6-11(9)15)13(17)16-8-4-7-12(16)14(18)19-2/h3,5-6,12H,4,7-8H2,1-2H3. The Bertz CT molecular complexity index is 515. The van der Waals surface area contributed by atoms with Crippen molar-refractivity contribution >= 4 is 27.8 Å². The maximum absolute atomic E-state index is 12.5. The zero-order chi connectivity index (χ0) is 14.0. The number of carbonyl (C=O) groups is 2. The molecule has 1 atom stereocenters. The topological polar surface area (TPSA) is 46.6 Å². The van der Waals surface area contributed by atoms with Crippen molar-refractivity contribution in [2.24, 2.45) is 0 Å². The number of likely N-dealkylation sites (tertiary alicyclic amines) is 1. The maximum atomic E-state index is 12.5. The lowest BCUT2D eigenvalue weighted by Crippen LogP contribution is -2.41. The number of benzene rings is 1. The SMILES string of the molecule is COC(=O)C1CCCN1C(=O)c1cccc(Br)c1C. The summed E-state index contributed by atoms with van der Waals surface area (Å²) in [5, 5.41) is 0. The van der Waals surface area contributed by atoms with Gasteiger partial charge in [0.05, 0.1) is 7.11 Å². The fraction of sp³-hybridized carbons (Fsp3) is 0.429. The van der Waals surface area contributed by atoms with Gasteiger partial charge in [0.15, 0.2) is 0 Å². The van der Waals surface area contributed by atoms with Crippen LogP contribution in [0.3, 0.4) is 0 Å². The molecule has 0 aliphatic carbocycles. The Balaban J connectivity index is 2.28. The minimum atomic E-state index is -0.448. The molecule has 0 bridgehead atoms. The number of amides is 1. The van der Waals surface area contributed by atoms with Gasteiger partial charge in [-0.3, -0.25) is 4.79 Å². The summed E-state index contributed by atoms with van der Waals surface area (Å²) in [5.41, 5.74) is 1.52. The Hall–Kier alpha value is -1.36. The van der Waals surface area contributed by atoms with Crippen LogP contribution in [0.25, 0.3) is 0 Å². The van der Waals surface area contributed by atoms with Crippen molar-refractivity contribution in [2.75, 3.05) is 13.7 Å². The highest BCUT2D eigenvalue weighted by Crippen LogP contribution is 2.25. The van der Waals surface area contributed by atoms with Gasteiger partial charge in [0.1, 0.15) is 6.04 Å². The average molecular weight is 326 g/mol. The minimum absolute atomic E-state index is 0.105. The monoisotopic (exact) mass is 325 g/mol. The van der Waals surface area contributed by atoms with Crippen LogP contribution in [0.15, 0.2) is 22.7 Å². The molecule has 0 radical (unpaired) electrons. The highest BCUT2D eigenvalue weighted by atomic mass is 79.9. The highest BCUT2D eigenvalue weighted by molar-refractivity contribution is 9.10. The first-order valence-electron chi connectivity index (χ1n) is 6.20. The van der Waals surface area contributed by atoms with Crippen molar-refractivity contribution in [1.29, 1.82) is 0 Å². The van der Waals surface area contributed by atoms with E-state index in [1.807, 2.05) is 19.1 Å². The molecule has 1 aliphatic heterocycles. The zero-order valence-corrected chi connectivity index (χ0v) is 12.6. The molecule has 4 nitrogen and oxygen atoms in total. The van der Waals surface area contributed by atoms with Gasteiger partial charge >= 0.3 is 5.97 Å². The molecule has 0 spiro atoms. The van der Waals surface area contributed by atoms with Gasteiger partial charge in [0, 0.05) is 16.6 Å². The largest absolute Gasteiger partial charge is 0.467 e. The first kappa shape index (κ1) is 14.1. The number of hydrogen-bond acceptors (Lipinski definition) is 3. The second-order valence-corrected chi connectivity index (χ2v) is 5.45. The number of halogens is 1. The summed E-state index contributed by atoms with van der Waals surface area (Å²) in [6, 6.07) is 5.06.